The van der Waals surface area contributed by atoms with Crippen molar-refractivity contribution in [2.45, 2.75) is 0 Å². The molecular formula is C34H20N4O. The van der Waals surface area contributed by atoms with Crippen molar-refractivity contribution in [3.63, 3.8) is 0 Å². The van der Waals surface area contributed by atoms with Gasteiger partial charge in [-0.2, -0.15) is 4.98 Å². The van der Waals surface area contributed by atoms with Crippen LogP contribution >= 0.6 is 0 Å². The molecule has 0 saturated heterocycles. The van der Waals surface area contributed by atoms with Gasteiger partial charge in [0.2, 0.25) is 11.4 Å². The molecule has 0 aliphatic heterocycles. The summed E-state index contributed by atoms with van der Waals surface area (Å²) in [5, 5.41) is 6.74. The van der Waals surface area contributed by atoms with Gasteiger partial charge in [-0.15, -0.1) is 0 Å². The molecule has 39 heavy (non-hydrogen) atoms. The van der Waals surface area contributed by atoms with E-state index in [0.717, 1.165) is 38.8 Å². The van der Waals surface area contributed by atoms with E-state index in [1.54, 1.807) is 6.20 Å². The summed E-state index contributed by atoms with van der Waals surface area (Å²) in [6.07, 6.45) is 1.75. The predicted molar refractivity (Wildman–Crippen MR) is 158 cm³/mol. The molecule has 0 bridgehead atoms. The van der Waals surface area contributed by atoms with Crippen molar-refractivity contribution in [2.24, 2.45) is 0 Å². The molecule has 0 radical (unpaired) electrons. The van der Waals surface area contributed by atoms with E-state index in [1.807, 2.05) is 12.1 Å². The minimum Gasteiger partial charge on any atom is -0.419 e. The van der Waals surface area contributed by atoms with Crippen molar-refractivity contribution in [3.05, 3.63) is 121 Å². The monoisotopic (exact) mass is 500 g/mol. The van der Waals surface area contributed by atoms with Gasteiger partial charge in [-0.3, -0.25) is 4.57 Å². The summed E-state index contributed by atoms with van der Waals surface area (Å²) in [6, 6.07) is 40.4. The first-order valence-electron chi connectivity index (χ1n) is 13.0. The molecule has 0 fully saturated rings. The second-order valence-electron chi connectivity index (χ2n) is 9.88. The second kappa shape index (κ2) is 7.55. The number of benzene rings is 4. The molecule has 0 aliphatic rings. The average molecular weight is 501 g/mol. The highest BCUT2D eigenvalue weighted by molar-refractivity contribution is 6.26. The van der Waals surface area contributed by atoms with Crippen molar-refractivity contribution < 1.29 is 4.42 Å². The fourth-order valence-electron chi connectivity index (χ4n) is 6.21. The van der Waals surface area contributed by atoms with Gasteiger partial charge in [-0.1, -0.05) is 60.7 Å². The second-order valence-corrected chi connectivity index (χ2v) is 9.88. The summed E-state index contributed by atoms with van der Waals surface area (Å²) < 4.78 is 10.7. The molecule has 9 aromatic rings. The largest absolute Gasteiger partial charge is 0.419 e. The van der Waals surface area contributed by atoms with Gasteiger partial charge in [0.05, 0.1) is 27.5 Å². The van der Waals surface area contributed by atoms with Crippen LogP contribution in [0.25, 0.3) is 77.3 Å². The molecule has 0 aliphatic carbocycles. The Labute approximate surface area is 222 Å². The van der Waals surface area contributed by atoms with E-state index in [1.165, 1.54) is 27.1 Å². The van der Waals surface area contributed by atoms with Crippen LogP contribution in [0.4, 0.5) is 0 Å². The molecule has 182 valence electrons. The van der Waals surface area contributed by atoms with Crippen LogP contribution in [0, 0.1) is 0 Å². The zero-order valence-electron chi connectivity index (χ0n) is 20.7. The maximum atomic E-state index is 6.10. The lowest BCUT2D eigenvalue weighted by atomic mass is 10.1. The predicted octanol–water partition coefficient (Wildman–Crippen LogP) is 8.57. The third-order valence-corrected chi connectivity index (χ3v) is 7.81. The van der Waals surface area contributed by atoms with Crippen molar-refractivity contribution in [1.29, 1.82) is 0 Å². The molecule has 9 rings (SSSR count). The molecule has 0 N–H and O–H groups in total. The fraction of sp³-hybridized carbons (Fsp3) is 0. The summed E-state index contributed by atoms with van der Waals surface area (Å²) in [5.74, 6) is 0.816. The normalized spacial score (nSPS) is 12.1. The standard InChI is InChI=1S/C34H20N4O/c1-2-9-21(10-3-1)37-28-15-7-5-12-26(28)31-29(37)18-16-23-22-11-4-6-14-27(22)38(32(23)31)30-19-17-25-24-13-8-20-35-33(24)39-34(25)36-30/h1-20H. The zero-order chi connectivity index (χ0) is 25.5. The highest BCUT2D eigenvalue weighted by Crippen LogP contribution is 2.42. The molecule has 0 atom stereocenters. The lowest BCUT2D eigenvalue weighted by Crippen LogP contribution is -1.97. The Bertz CT molecular complexity index is 2390. The maximum absolute atomic E-state index is 6.10. The minimum absolute atomic E-state index is 0.589. The van der Waals surface area contributed by atoms with E-state index in [0.29, 0.717) is 11.4 Å². The first kappa shape index (κ1) is 20.6. The summed E-state index contributed by atoms with van der Waals surface area (Å²) >= 11 is 0. The molecule has 0 amide bonds. The molecule has 5 heterocycles. The number of para-hydroxylation sites is 3. The third kappa shape index (κ3) is 2.73. The fourth-order valence-corrected chi connectivity index (χ4v) is 6.21. The van der Waals surface area contributed by atoms with E-state index in [9.17, 15) is 0 Å². The molecule has 0 spiro atoms. The Kier molecular flexibility index (Phi) is 3.99. The van der Waals surface area contributed by atoms with Crippen LogP contribution in [0.5, 0.6) is 0 Å². The number of nitrogens with zero attached hydrogens (tertiary/aromatic N) is 4. The van der Waals surface area contributed by atoms with Crippen molar-refractivity contribution in [2.75, 3.05) is 0 Å². The lowest BCUT2D eigenvalue weighted by molar-refractivity contribution is 0.639. The zero-order valence-corrected chi connectivity index (χ0v) is 20.7. The van der Waals surface area contributed by atoms with E-state index < -0.39 is 0 Å². The Morgan fingerprint density at radius 2 is 1.18 bits per heavy atom. The minimum atomic E-state index is 0.589. The molecular weight excluding hydrogens is 480 g/mol. The van der Waals surface area contributed by atoms with Gasteiger partial charge >= 0.3 is 0 Å². The van der Waals surface area contributed by atoms with Crippen molar-refractivity contribution >= 4 is 65.8 Å². The van der Waals surface area contributed by atoms with Crippen LogP contribution in [0.15, 0.2) is 126 Å². The van der Waals surface area contributed by atoms with Crippen LogP contribution in [0.3, 0.4) is 0 Å². The number of furan rings is 1. The quantitative estimate of drug-likeness (QED) is 0.239. The molecule has 5 heteroatoms. The van der Waals surface area contributed by atoms with Crippen LogP contribution in [-0.4, -0.2) is 19.1 Å². The first-order chi connectivity index (χ1) is 19.4. The summed E-state index contributed by atoms with van der Waals surface area (Å²) in [7, 11) is 0. The number of hydrogen-bond donors (Lipinski definition) is 0. The van der Waals surface area contributed by atoms with Crippen LogP contribution < -0.4 is 0 Å². The molecule has 5 aromatic heterocycles. The number of aromatic nitrogens is 4. The summed E-state index contributed by atoms with van der Waals surface area (Å²) in [4.78, 5) is 9.46. The first-order valence-corrected chi connectivity index (χ1v) is 13.0. The smallest absolute Gasteiger partial charge is 0.231 e. The molecule has 0 saturated carbocycles. The van der Waals surface area contributed by atoms with Crippen molar-refractivity contribution in [1.82, 2.24) is 19.1 Å². The summed E-state index contributed by atoms with van der Waals surface area (Å²) in [5.41, 5.74) is 6.92. The number of fused-ring (bicyclic) bond motifs is 10. The number of pyridine rings is 2. The van der Waals surface area contributed by atoms with E-state index in [-0.39, 0.29) is 0 Å². The average Bonchev–Trinajstić information content (AvgIpc) is 3.64. The molecule has 0 unspecified atom stereocenters. The van der Waals surface area contributed by atoms with E-state index in [2.05, 4.69) is 117 Å². The van der Waals surface area contributed by atoms with Gasteiger partial charge < -0.3 is 8.98 Å². The van der Waals surface area contributed by atoms with Gasteiger partial charge in [-0.05, 0) is 54.6 Å². The Morgan fingerprint density at radius 3 is 2.05 bits per heavy atom. The Morgan fingerprint density at radius 1 is 0.487 bits per heavy atom. The highest BCUT2D eigenvalue weighted by Gasteiger charge is 2.21. The Hall–Kier alpha value is -5.42. The van der Waals surface area contributed by atoms with Gasteiger partial charge in [0.1, 0.15) is 5.82 Å². The van der Waals surface area contributed by atoms with E-state index >= 15 is 0 Å². The van der Waals surface area contributed by atoms with Gasteiger partial charge in [-0.25, -0.2) is 4.98 Å². The van der Waals surface area contributed by atoms with Gasteiger partial charge in [0.15, 0.2) is 0 Å². The van der Waals surface area contributed by atoms with E-state index in [4.69, 9.17) is 9.40 Å². The molecule has 4 aromatic carbocycles. The Balaban J connectivity index is 1.47. The van der Waals surface area contributed by atoms with Crippen LogP contribution in [0.2, 0.25) is 0 Å². The SMILES string of the molecule is c1ccc(-n2c3ccccc3c3c2ccc2c4ccccc4n(-c4ccc5c(n4)oc4ncccc45)c23)cc1. The summed E-state index contributed by atoms with van der Waals surface area (Å²) in [6.45, 7) is 0. The van der Waals surface area contributed by atoms with Crippen LogP contribution in [-0.2, 0) is 0 Å². The third-order valence-electron chi connectivity index (χ3n) is 7.81. The molecule has 5 nitrogen and oxygen atoms in total. The number of rotatable bonds is 2. The highest BCUT2D eigenvalue weighted by atomic mass is 16.3. The lowest BCUT2D eigenvalue weighted by Gasteiger charge is -2.09. The van der Waals surface area contributed by atoms with Crippen molar-refractivity contribution in [3.8, 4) is 11.5 Å². The topological polar surface area (TPSA) is 48.8 Å². The van der Waals surface area contributed by atoms with Crippen LogP contribution in [0.1, 0.15) is 0 Å². The maximum Gasteiger partial charge on any atom is 0.231 e. The number of hydrogen-bond acceptors (Lipinski definition) is 3. The van der Waals surface area contributed by atoms with Gasteiger partial charge in [0.25, 0.3) is 0 Å². The van der Waals surface area contributed by atoms with Gasteiger partial charge in [0, 0.05) is 38.8 Å².